The molecule has 2 nitrogen and oxygen atoms in total. The van der Waals surface area contributed by atoms with Crippen LogP contribution < -0.4 is 0 Å². The number of allylic oxidation sites excluding steroid dienone is 2. The van der Waals surface area contributed by atoms with E-state index in [9.17, 15) is 4.79 Å². The molecular formula is C11H13NO. The van der Waals surface area contributed by atoms with Gasteiger partial charge in [-0.3, -0.25) is 4.79 Å². The Bertz CT molecular complexity index is 340. The number of nitrogens with zero attached hydrogens (tertiary/aromatic N) is 1. The molecular weight excluding hydrogens is 162 g/mol. The van der Waals surface area contributed by atoms with Gasteiger partial charge in [0.1, 0.15) is 0 Å². The van der Waals surface area contributed by atoms with Crippen molar-refractivity contribution in [3.63, 3.8) is 0 Å². The van der Waals surface area contributed by atoms with Crippen LogP contribution in [0.15, 0.2) is 23.3 Å². The number of carbonyl (C=O) groups is 1. The number of likely N-dealkylation sites (N-methyl/N-ethyl adjacent to an activating group) is 1. The normalized spacial score (nSPS) is 36.1. The van der Waals surface area contributed by atoms with Crippen molar-refractivity contribution in [3.8, 4) is 0 Å². The summed E-state index contributed by atoms with van der Waals surface area (Å²) >= 11 is 0. The lowest BCUT2D eigenvalue weighted by atomic mass is 9.91. The third-order valence-electron chi connectivity index (χ3n) is 3.33. The lowest BCUT2D eigenvalue weighted by molar-refractivity contribution is -0.126. The lowest BCUT2D eigenvalue weighted by Gasteiger charge is -2.28. The van der Waals surface area contributed by atoms with Crippen LogP contribution in [0, 0.1) is 11.8 Å². The van der Waals surface area contributed by atoms with Crippen molar-refractivity contribution in [1.29, 1.82) is 0 Å². The van der Waals surface area contributed by atoms with Gasteiger partial charge in [-0.1, -0.05) is 12.2 Å². The van der Waals surface area contributed by atoms with E-state index in [0.717, 1.165) is 24.5 Å². The van der Waals surface area contributed by atoms with E-state index in [1.165, 1.54) is 12.0 Å². The minimum absolute atomic E-state index is 0.225. The molecule has 0 aromatic heterocycles. The first-order chi connectivity index (χ1) is 6.25. The number of hydrogen-bond acceptors (Lipinski definition) is 1. The van der Waals surface area contributed by atoms with Crippen molar-refractivity contribution in [3.05, 3.63) is 23.3 Å². The van der Waals surface area contributed by atoms with E-state index in [4.69, 9.17) is 0 Å². The summed E-state index contributed by atoms with van der Waals surface area (Å²) in [5, 5.41) is 0. The number of amides is 1. The SMILES string of the molecule is CN1CCC2=CC3CC3C=C2C1=O. The van der Waals surface area contributed by atoms with Crippen LogP contribution in [-0.4, -0.2) is 24.4 Å². The first-order valence-corrected chi connectivity index (χ1v) is 4.94. The van der Waals surface area contributed by atoms with Crippen molar-refractivity contribution in [2.75, 3.05) is 13.6 Å². The monoisotopic (exact) mass is 175 g/mol. The van der Waals surface area contributed by atoms with E-state index in [0.29, 0.717) is 5.92 Å². The van der Waals surface area contributed by atoms with E-state index in [-0.39, 0.29) is 5.91 Å². The second kappa shape index (κ2) is 2.25. The first kappa shape index (κ1) is 7.36. The maximum Gasteiger partial charge on any atom is 0.253 e. The zero-order valence-corrected chi connectivity index (χ0v) is 7.79. The highest BCUT2D eigenvalue weighted by Gasteiger charge is 2.40. The van der Waals surface area contributed by atoms with Crippen molar-refractivity contribution in [2.45, 2.75) is 12.8 Å². The molecule has 0 aromatic carbocycles. The van der Waals surface area contributed by atoms with Crippen molar-refractivity contribution in [1.82, 2.24) is 4.90 Å². The van der Waals surface area contributed by atoms with Gasteiger partial charge in [-0.2, -0.15) is 0 Å². The molecule has 0 spiro atoms. The molecule has 3 aliphatic rings. The Morgan fingerprint density at radius 2 is 2.15 bits per heavy atom. The second-order valence-corrected chi connectivity index (χ2v) is 4.31. The van der Waals surface area contributed by atoms with Crippen LogP contribution in [0.4, 0.5) is 0 Å². The predicted octanol–water partition coefficient (Wildman–Crippen LogP) is 1.35. The summed E-state index contributed by atoms with van der Waals surface area (Å²) in [5.74, 6) is 1.69. The summed E-state index contributed by atoms with van der Waals surface area (Å²) in [6, 6.07) is 0. The Morgan fingerprint density at radius 1 is 1.38 bits per heavy atom. The molecule has 2 fully saturated rings. The summed E-state index contributed by atoms with van der Waals surface area (Å²) in [6.07, 6.45) is 6.84. The maximum absolute atomic E-state index is 11.7. The highest BCUT2D eigenvalue weighted by molar-refractivity contribution is 5.99. The molecule has 0 N–H and O–H groups in total. The third-order valence-corrected chi connectivity index (χ3v) is 3.33. The molecule has 2 atom stereocenters. The van der Waals surface area contributed by atoms with Crippen LogP contribution in [0.5, 0.6) is 0 Å². The smallest absolute Gasteiger partial charge is 0.253 e. The molecule has 1 heterocycles. The van der Waals surface area contributed by atoms with Gasteiger partial charge in [-0.15, -0.1) is 0 Å². The molecule has 1 saturated carbocycles. The van der Waals surface area contributed by atoms with Crippen LogP contribution in [0.25, 0.3) is 0 Å². The molecule has 3 rings (SSSR count). The molecule has 0 radical (unpaired) electrons. The zero-order chi connectivity index (χ0) is 9.00. The number of fused-ring (bicyclic) bond motifs is 2. The molecule has 1 amide bonds. The zero-order valence-electron chi connectivity index (χ0n) is 7.79. The number of carbonyl (C=O) groups excluding carboxylic acids is 1. The van der Waals surface area contributed by atoms with Gasteiger partial charge in [-0.05, 0) is 30.3 Å². The van der Waals surface area contributed by atoms with Crippen LogP contribution in [0.3, 0.4) is 0 Å². The summed E-state index contributed by atoms with van der Waals surface area (Å²) < 4.78 is 0. The van der Waals surface area contributed by atoms with E-state index < -0.39 is 0 Å². The van der Waals surface area contributed by atoms with Crippen LogP contribution in [0.2, 0.25) is 0 Å². The Kier molecular flexibility index (Phi) is 1.27. The number of hydrogen-bond donors (Lipinski definition) is 0. The summed E-state index contributed by atoms with van der Waals surface area (Å²) in [6.45, 7) is 0.888. The number of likely N-dealkylation sites (tertiary alicyclic amines) is 1. The summed E-state index contributed by atoms with van der Waals surface area (Å²) in [7, 11) is 1.89. The topological polar surface area (TPSA) is 20.3 Å². The Hall–Kier alpha value is -1.05. The quantitative estimate of drug-likeness (QED) is 0.544. The average Bonchev–Trinajstić information content (AvgIpc) is 2.87. The van der Waals surface area contributed by atoms with Crippen LogP contribution in [-0.2, 0) is 4.79 Å². The maximum atomic E-state index is 11.7. The number of rotatable bonds is 0. The largest absolute Gasteiger partial charge is 0.341 e. The summed E-state index contributed by atoms with van der Waals surface area (Å²) in [4.78, 5) is 13.6. The van der Waals surface area contributed by atoms with Crippen molar-refractivity contribution in [2.24, 2.45) is 11.8 Å². The third kappa shape index (κ3) is 0.978. The van der Waals surface area contributed by atoms with Gasteiger partial charge in [0, 0.05) is 19.2 Å². The van der Waals surface area contributed by atoms with E-state index in [1.807, 2.05) is 11.9 Å². The van der Waals surface area contributed by atoms with E-state index in [2.05, 4.69) is 12.2 Å². The first-order valence-electron chi connectivity index (χ1n) is 4.94. The van der Waals surface area contributed by atoms with Crippen LogP contribution >= 0.6 is 0 Å². The van der Waals surface area contributed by atoms with Crippen molar-refractivity contribution < 1.29 is 4.79 Å². The molecule has 68 valence electrons. The average molecular weight is 175 g/mol. The van der Waals surface area contributed by atoms with Gasteiger partial charge in [-0.25, -0.2) is 0 Å². The van der Waals surface area contributed by atoms with E-state index in [1.54, 1.807) is 0 Å². The fraction of sp³-hybridized carbons (Fsp3) is 0.545. The highest BCUT2D eigenvalue weighted by atomic mass is 16.2. The van der Waals surface area contributed by atoms with Crippen LogP contribution in [0.1, 0.15) is 12.8 Å². The lowest BCUT2D eigenvalue weighted by Crippen LogP contribution is -2.35. The Morgan fingerprint density at radius 3 is 3.00 bits per heavy atom. The Labute approximate surface area is 77.9 Å². The fourth-order valence-electron chi connectivity index (χ4n) is 2.31. The number of piperidine rings is 1. The minimum atomic E-state index is 0.225. The molecule has 2 unspecified atom stereocenters. The molecule has 1 aliphatic heterocycles. The molecule has 0 aromatic rings. The van der Waals surface area contributed by atoms with E-state index >= 15 is 0 Å². The van der Waals surface area contributed by atoms with Gasteiger partial charge in [0.25, 0.3) is 5.91 Å². The molecule has 2 heteroatoms. The molecule has 1 saturated heterocycles. The Balaban J connectivity index is 2.00. The highest BCUT2D eigenvalue weighted by Crippen LogP contribution is 2.47. The predicted molar refractivity (Wildman–Crippen MR) is 50.0 cm³/mol. The molecule has 0 bridgehead atoms. The van der Waals surface area contributed by atoms with Gasteiger partial charge in [0.2, 0.25) is 0 Å². The van der Waals surface area contributed by atoms with Gasteiger partial charge in [0.15, 0.2) is 0 Å². The fourth-order valence-corrected chi connectivity index (χ4v) is 2.31. The summed E-state index contributed by atoms with van der Waals surface area (Å²) in [5.41, 5.74) is 2.30. The van der Waals surface area contributed by atoms with Gasteiger partial charge < -0.3 is 4.90 Å². The second-order valence-electron chi connectivity index (χ2n) is 4.31. The van der Waals surface area contributed by atoms with Crippen molar-refractivity contribution >= 4 is 5.91 Å². The van der Waals surface area contributed by atoms with Gasteiger partial charge >= 0.3 is 0 Å². The minimum Gasteiger partial charge on any atom is -0.341 e. The molecule has 2 aliphatic carbocycles. The standard InChI is InChI=1S/C11H13NO/c1-12-3-2-7-4-8-5-9(8)6-10(7)11(12)13/h4,6,8-9H,2-3,5H2,1H3. The molecule has 13 heavy (non-hydrogen) atoms. The van der Waals surface area contributed by atoms with Gasteiger partial charge in [0.05, 0.1) is 0 Å².